The summed E-state index contributed by atoms with van der Waals surface area (Å²) in [6.07, 6.45) is 3.11. The van der Waals surface area contributed by atoms with E-state index in [0.717, 1.165) is 53.6 Å². The van der Waals surface area contributed by atoms with E-state index in [4.69, 9.17) is 17.0 Å². The number of rotatable bonds is 6. The zero-order chi connectivity index (χ0) is 22.7. The van der Waals surface area contributed by atoms with E-state index in [9.17, 15) is 4.79 Å². The van der Waals surface area contributed by atoms with Crippen LogP contribution in [-0.2, 0) is 17.7 Å². The van der Waals surface area contributed by atoms with Crippen LogP contribution in [0.5, 0.6) is 0 Å². The molecule has 1 atom stereocenters. The highest BCUT2D eigenvalue weighted by molar-refractivity contribution is 7.80. The number of aryl methyl sites for hydroxylation is 3. The molecule has 2 heterocycles. The van der Waals surface area contributed by atoms with Gasteiger partial charge in [-0.3, -0.25) is 4.79 Å². The van der Waals surface area contributed by atoms with E-state index in [0.29, 0.717) is 23.8 Å². The molecule has 5 nitrogen and oxygen atoms in total. The summed E-state index contributed by atoms with van der Waals surface area (Å²) >= 11 is 5.83. The fourth-order valence-electron chi connectivity index (χ4n) is 4.34. The Morgan fingerprint density at radius 2 is 1.97 bits per heavy atom. The molecule has 0 radical (unpaired) electrons. The van der Waals surface area contributed by atoms with Gasteiger partial charge in [-0.1, -0.05) is 37.3 Å². The molecular weight excluding hydrogens is 418 g/mol. The smallest absolute Gasteiger partial charge is 0.253 e. The number of nitrogens with zero attached hydrogens (tertiary/aromatic N) is 1. The van der Waals surface area contributed by atoms with E-state index in [-0.39, 0.29) is 11.7 Å². The van der Waals surface area contributed by atoms with Crippen LogP contribution in [0.25, 0.3) is 10.9 Å². The van der Waals surface area contributed by atoms with E-state index in [1.165, 1.54) is 5.56 Å². The Bertz CT molecular complexity index is 1180. The molecule has 0 amide bonds. The summed E-state index contributed by atoms with van der Waals surface area (Å²) in [5.41, 5.74) is 5.97. The first-order valence-electron chi connectivity index (χ1n) is 11.3. The first kappa shape index (κ1) is 22.5. The number of thiocarbonyl (C=S) groups is 1. The number of fused-ring (bicyclic) bond motifs is 1. The maximum atomic E-state index is 13.0. The lowest BCUT2D eigenvalue weighted by atomic mass is 10.0. The Morgan fingerprint density at radius 1 is 1.19 bits per heavy atom. The van der Waals surface area contributed by atoms with Crippen molar-refractivity contribution in [3.8, 4) is 0 Å². The number of nitrogens with one attached hydrogen (secondary N) is 2. The Balaban J connectivity index is 1.65. The lowest BCUT2D eigenvalue weighted by molar-refractivity contribution is 0.0904. The maximum absolute atomic E-state index is 13.0. The fourth-order valence-corrected chi connectivity index (χ4v) is 4.59. The number of H-pyrrole nitrogens is 1. The first-order valence-corrected chi connectivity index (χ1v) is 11.7. The second-order valence-corrected chi connectivity index (χ2v) is 8.95. The van der Waals surface area contributed by atoms with Gasteiger partial charge in [0, 0.05) is 29.8 Å². The van der Waals surface area contributed by atoms with Crippen LogP contribution in [-0.4, -0.2) is 34.3 Å². The van der Waals surface area contributed by atoms with Crippen LogP contribution in [0, 0.1) is 13.8 Å². The number of para-hydroxylation sites is 1. The van der Waals surface area contributed by atoms with Crippen molar-refractivity contribution in [1.82, 2.24) is 9.88 Å². The van der Waals surface area contributed by atoms with Crippen LogP contribution >= 0.6 is 12.2 Å². The topological polar surface area (TPSA) is 57.4 Å². The Hall–Kier alpha value is -2.70. The van der Waals surface area contributed by atoms with Gasteiger partial charge in [-0.15, -0.1) is 0 Å². The summed E-state index contributed by atoms with van der Waals surface area (Å²) in [4.78, 5) is 18.1. The average molecular weight is 450 g/mol. The fraction of sp³-hybridized carbons (Fsp3) is 0.385. The van der Waals surface area contributed by atoms with E-state index in [2.05, 4.69) is 41.2 Å². The lowest BCUT2D eigenvalue weighted by Gasteiger charge is -2.28. The highest BCUT2D eigenvalue weighted by Gasteiger charge is 2.22. The molecule has 1 fully saturated rings. The lowest BCUT2D eigenvalue weighted by Crippen LogP contribution is -2.40. The molecule has 0 aliphatic carbocycles. The van der Waals surface area contributed by atoms with Crippen molar-refractivity contribution >= 4 is 33.9 Å². The van der Waals surface area contributed by atoms with Crippen LogP contribution < -0.4 is 10.9 Å². The van der Waals surface area contributed by atoms with Crippen molar-refractivity contribution in [3.63, 3.8) is 0 Å². The summed E-state index contributed by atoms with van der Waals surface area (Å²) in [6.45, 7) is 8.09. The van der Waals surface area contributed by atoms with Gasteiger partial charge in [-0.25, -0.2) is 0 Å². The molecule has 0 bridgehead atoms. The average Bonchev–Trinajstić information content (AvgIpc) is 3.30. The van der Waals surface area contributed by atoms with E-state index in [1.54, 1.807) is 0 Å². The SMILES string of the molecule is CCc1ccccc1NC(=S)N(Cc1cc2c(C)ccc(C)c2[nH]c1=O)C[C@@H]1CCCO1. The molecule has 0 spiro atoms. The number of benzene rings is 2. The molecule has 6 heteroatoms. The van der Waals surface area contributed by atoms with Gasteiger partial charge < -0.3 is 19.9 Å². The number of hydrogen-bond donors (Lipinski definition) is 2. The van der Waals surface area contributed by atoms with Gasteiger partial charge in [0.1, 0.15) is 0 Å². The summed E-state index contributed by atoms with van der Waals surface area (Å²) in [7, 11) is 0. The highest BCUT2D eigenvalue weighted by atomic mass is 32.1. The Kier molecular flexibility index (Phi) is 6.92. The minimum absolute atomic E-state index is 0.0692. The quantitative estimate of drug-likeness (QED) is 0.514. The predicted molar refractivity (Wildman–Crippen MR) is 135 cm³/mol. The van der Waals surface area contributed by atoms with Gasteiger partial charge in [0.25, 0.3) is 5.56 Å². The molecule has 2 aromatic carbocycles. The molecule has 168 valence electrons. The van der Waals surface area contributed by atoms with Gasteiger partial charge in [-0.05, 0) is 74.2 Å². The van der Waals surface area contributed by atoms with Crippen molar-refractivity contribution in [2.24, 2.45) is 0 Å². The molecule has 1 saturated heterocycles. The second-order valence-electron chi connectivity index (χ2n) is 8.57. The molecule has 1 aliphatic rings. The Morgan fingerprint density at radius 3 is 2.72 bits per heavy atom. The van der Waals surface area contributed by atoms with Crippen molar-refractivity contribution < 1.29 is 4.74 Å². The molecule has 0 saturated carbocycles. The van der Waals surface area contributed by atoms with Gasteiger partial charge in [0.15, 0.2) is 5.11 Å². The van der Waals surface area contributed by atoms with Crippen LogP contribution in [0.2, 0.25) is 0 Å². The summed E-state index contributed by atoms with van der Waals surface area (Å²) < 4.78 is 5.89. The monoisotopic (exact) mass is 449 g/mol. The van der Waals surface area contributed by atoms with E-state index >= 15 is 0 Å². The molecule has 1 aromatic heterocycles. The standard InChI is InChI=1S/C26H31N3O2S/c1-4-19-8-5-6-10-23(19)27-26(32)29(16-21-9-7-13-31-21)15-20-14-22-17(2)11-12-18(3)24(22)28-25(20)30/h5-6,8,10-12,14,21H,4,7,9,13,15-16H2,1-3H3,(H,27,32)(H,28,30)/t21-/m0/s1. The molecule has 32 heavy (non-hydrogen) atoms. The molecular formula is C26H31N3O2S. The third kappa shape index (κ3) is 4.87. The number of aromatic amines is 1. The number of pyridine rings is 1. The molecule has 3 aromatic rings. The van der Waals surface area contributed by atoms with Crippen molar-refractivity contribution in [2.75, 3.05) is 18.5 Å². The van der Waals surface area contributed by atoms with Crippen molar-refractivity contribution in [2.45, 2.75) is 52.7 Å². The van der Waals surface area contributed by atoms with Crippen LogP contribution in [0.3, 0.4) is 0 Å². The number of ether oxygens (including phenoxy) is 1. The maximum Gasteiger partial charge on any atom is 0.253 e. The third-order valence-corrected chi connectivity index (χ3v) is 6.62. The first-order chi connectivity index (χ1) is 15.5. The summed E-state index contributed by atoms with van der Waals surface area (Å²) in [5, 5.41) is 5.11. The van der Waals surface area contributed by atoms with E-state index < -0.39 is 0 Å². The third-order valence-electron chi connectivity index (χ3n) is 6.26. The predicted octanol–water partition coefficient (Wildman–Crippen LogP) is 5.09. The second kappa shape index (κ2) is 9.84. The van der Waals surface area contributed by atoms with E-state index in [1.807, 2.05) is 37.3 Å². The van der Waals surface area contributed by atoms with Crippen LogP contribution in [0.1, 0.15) is 42.0 Å². The highest BCUT2D eigenvalue weighted by Crippen LogP contribution is 2.22. The largest absolute Gasteiger partial charge is 0.376 e. The molecule has 0 unspecified atom stereocenters. The zero-order valence-electron chi connectivity index (χ0n) is 19.0. The number of aromatic nitrogens is 1. The normalized spacial score (nSPS) is 15.8. The van der Waals surface area contributed by atoms with Gasteiger partial charge in [0.2, 0.25) is 0 Å². The summed E-state index contributed by atoms with van der Waals surface area (Å²) in [6, 6.07) is 14.4. The number of hydrogen-bond acceptors (Lipinski definition) is 3. The minimum atomic E-state index is -0.0692. The zero-order valence-corrected chi connectivity index (χ0v) is 19.8. The van der Waals surface area contributed by atoms with Gasteiger partial charge >= 0.3 is 0 Å². The summed E-state index contributed by atoms with van der Waals surface area (Å²) in [5.74, 6) is 0. The van der Waals surface area contributed by atoms with Gasteiger partial charge in [0.05, 0.1) is 18.2 Å². The van der Waals surface area contributed by atoms with Crippen LogP contribution in [0.4, 0.5) is 5.69 Å². The molecule has 4 rings (SSSR count). The van der Waals surface area contributed by atoms with Gasteiger partial charge in [-0.2, -0.15) is 0 Å². The minimum Gasteiger partial charge on any atom is -0.376 e. The molecule has 1 aliphatic heterocycles. The number of anilines is 1. The molecule has 2 N–H and O–H groups in total. The van der Waals surface area contributed by atoms with Crippen molar-refractivity contribution in [1.29, 1.82) is 0 Å². The van der Waals surface area contributed by atoms with Crippen molar-refractivity contribution in [3.05, 3.63) is 75.1 Å². The Labute approximate surface area is 194 Å². The van der Waals surface area contributed by atoms with Crippen LogP contribution in [0.15, 0.2) is 47.3 Å².